The summed E-state index contributed by atoms with van der Waals surface area (Å²) >= 11 is 0. The molecule has 0 aliphatic carbocycles. The van der Waals surface area contributed by atoms with E-state index in [1.54, 1.807) is 30.3 Å². The largest absolute Gasteiger partial charge is 0.490 e. The summed E-state index contributed by atoms with van der Waals surface area (Å²) in [5.74, 6) is -0.210. The van der Waals surface area contributed by atoms with Gasteiger partial charge in [-0.2, -0.15) is 0 Å². The molecule has 1 N–H and O–H groups in total. The van der Waals surface area contributed by atoms with E-state index in [2.05, 4.69) is 6.58 Å². The number of carboxylic acids is 1. The minimum absolute atomic E-state index is 0.241. The Morgan fingerprint density at radius 1 is 1.41 bits per heavy atom. The fourth-order valence-corrected chi connectivity index (χ4v) is 2.63. The van der Waals surface area contributed by atoms with Crippen LogP contribution in [0, 0.1) is 5.92 Å². The van der Waals surface area contributed by atoms with Crippen LogP contribution in [-0.2, 0) is 4.79 Å². The maximum Gasteiger partial charge on any atom is 0.326 e. The number of carbonyl (C=O) groups is 2. The fourth-order valence-electron chi connectivity index (χ4n) is 2.63. The number of nitrogens with zero attached hydrogens (tertiary/aromatic N) is 1. The van der Waals surface area contributed by atoms with Crippen molar-refractivity contribution in [2.45, 2.75) is 25.8 Å². The van der Waals surface area contributed by atoms with Crippen molar-refractivity contribution in [1.29, 1.82) is 0 Å². The first-order chi connectivity index (χ1) is 10.5. The molecule has 0 aromatic heterocycles. The van der Waals surface area contributed by atoms with Crippen LogP contribution in [0.1, 0.15) is 30.1 Å². The molecule has 5 nitrogen and oxygen atoms in total. The third kappa shape index (κ3) is 3.67. The Labute approximate surface area is 130 Å². The third-order valence-electron chi connectivity index (χ3n) is 3.88. The van der Waals surface area contributed by atoms with Crippen molar-refractivity contribution in [1.82, 2.24) is 4.90 Å². The van der Waals surface area contributed by atoms with Crippen molar-refractivity contribution in [2.75, 3.05) is 13.2 Å². The van der Waals surface area contributed by atoms with Crippen LogP contribution >= 0.6 is 0 Å². The molecule has 0 spiro atoms. The topological polar surface area (TPSA) is 66.8 Å². The molecule has 22 heavy (non-hydrogen) atoms. The van der Waals surface area contributed by atoms with E-state index in [-0.39, 0.29) is 5.91 Å². The van der Waals surface area contributed by atoms with E-state index < -0.39 is 12.0 Å². The summed E-state index contributed by atoms with van der Waals surface area (Å²) in [4.78, 5) is 25.4. The number of likely N-dealkylation sites (tertiary alicyclic amines) is 1. The quantitative estimate of drug-likeness (QED) is 0.849. The smallest absolute Gasteiger partial charge is 0.326 e. The molecule has 1 amide bonds. The number of aliphatic carboxylic acids is 1. The molecule has 1 aromatic rings. The number of rotatable bonds is 5. The van der Waals surface area contributed by atoms with Crippen molar-refractivity contribution in [3.8, 4) is 5.75 Å². The van der Waals surface area contributed by atoms with Gasteiger partial charge >= 0.3 is 5.97 Å². The lowest BCUT2D eigenvalue weighted by Crippen LogP contribution is -2.49. The molecule has 5 heteroatoms. The Balaban J connectivity index is 2.12. The zero-order valence-corrected chi connectivity index (χ0v) is 12.7. The number of amides is 1. The monoisotopic (exact) mass is 303 g/mol. The summed E-state index contributed by atoms with van der Waals surface area (Å²) < 4.78 is 5.37. The molecule has 2 atom stereocenters. The molecular weight excluding hydrogens is 282 g/mol. The molecule has 1 aliphatic rings. The van der Waals surface area contributed by atoms with Crippen LogP contribution in [0.3, 0.4) is 0 Å². The molecule has 0 saturated carbocycles. The maximum absolute atomic E-state index is 12.6. The average Bonchev–Trinajstić information content (AvgIpc) is 2.52. The molecule has 1 aromatic carbocycles. The first-order valence-electron chi connectivity index (χ1n) is 7.40. The molecule has 2 unspecified atom stereocenters. The SMILES string of the molecule is C=CCOc1ccc(C(=O)N2CCC(C)CC2C(=O)O)cc1. The van der Waals surface area contributed by atoms with Gasteiger partial charge in [-0.3, -0.25) is 4.79 Å². The number of carbonyl (C=O) groups excluding carboxylic acids is 1. The van der Waals surface area contributed by atoms with Gasteiger partial charge in [-0.25, -0.2) is 4.79 Å². The van der Waals surface area contributed by atoms with Crippen LogP contribution in [0.15, 0.2) is 36.9 Å². The predicted molar refractivity (Wildman–Crippen MR) is 83.0 cm³/mol. The van der Waals surface area contributed by atoms with Gasteiger partial charge in [0.2, 0.25) is 0 Å². The third-order valence-corrected chi connectivity index (χ3v) is 3.88. The van der Waals surface area contributed by atoms with E-state index >= 15 is 0 Å². The summed E-state index contributed by atoms with van der Waals surface area (Å²) in [5.41, 5.74) is 0.478. The van der Waals surface area contributed by atoms with Gasteiger partial charge in [0.1, 0.15) is 18.4 Å². The van der Waals surface area contributed by atoms with Gasteiger partial charge in [0.15, 0.2) is 0 Å². The zero-order valence-electron chi connectivity index (χ0n) is 12.7. The highest BCUT2D eigenvalue weighted by Gasteiger charge is 2.35. The highest BCUT2D eigenvalue weighted by molar-refractivity contribution is 5.96. The second-order valence-corrected chi connectivity index (χ2v) is 5.61. The second-order valence-electron chi connectivity index (χ2n) is 5.61. The van der Waals surface area contributed by atoms with Crippen molar-refractivity contribution in [3.05, 3.63) is 42.5 Å². The number of carboxylic acid groups (broad SMARTS) is 1. The molecule has 0 bridgehead atoms. The average molecular weight is 303 g/mol. The van der Waals surface area contributed by atoms with Gasteiger partial charge < -0.3 is 14.7 Å². The van der Waals surface area contributed by atoms with Crippen LogP contribution in [0.25, 0.3) is 0 Å². The fraction of sp³-hybridized carbons (Fsp3) is 0.412. The Morgan fingerprint density at radius 3 is 2.68 bits per heavy atom. The molecule has 1 saturated heterocycles. The summed E-state index contributed by atoms with van der Waals surface area (Å²) in [6.07, 6.45) is 2.98. The van der Waals surface area contributed by atoms with Crippen LogP contribution in [0.2, 0.25) is 0 Å². The lowest BCUT2D eigenvalue weighted by atomic mass is 9.92. The minimum Gasteiger partial charge on any atom is -0.490 e. The number of hydrogen-bond acceptors (Lipinski definition) is 3. The van der Waals surface area contributed by atoms with Gasteiger partial charge in [-0.15, -0.1) is 0 Å². The second kappa shape index (κ2) is 7.11. The Kier molecular flexibility index (Phi) is 5.20. The summed E-state index contributed by atoms with van der Waals surface area (Å²) in [6, 6.07) is 6.00. The van der Waals surface area contributed by atoms with Gasteiger partial charge in [0, 0.05) is 12.1 Å². The van der Waals surface area contributed by atoms with Gasteiger partial charge in [0.05, 0.1) is 0 Å². The van der Waals surface area contributed by atoms with E-state index in [0.29, 0.717) is 36.8 Å². The molecule has 0 radical (unpaired) electrons. The molecule has 1 fully saturated rings. The Bertz CT molecular complexity index is 552. The van der Waals surface area contributed by atoms with E-state index in [1.165, 1.54) is 4.90 Å². The summed E-state index contributed by atoms with van der Waals surface area (Å²) in [6.45, 7) is 6.47. The van der Waals surface area contributed by atoms with Crippen molar-refractivity contribution < 1.29 is 19.4 Å². The van der Waals surface area contributed by atoms with E-state index in [9.17, 15) is 14.7 Å². The molecule has 1 aliphatic heterocycles. The normalized spacial score (nSPS) is 21.2. The minimum atomic E-state index is -0.939. The summed E-state index contributed by atoms with van der Waals surface area (Å²) in [5, 5.41) is 9.34. The van der Waals surface area contributed by atoms with Gasteiger partial charge in [-0.05, 0) is 43.0 Å². The first kappa shape index (κ1) is 16.1. The van der Waals surface area contributed by atoms with Crippen molar-refractivity contribution >= 4 is 11.9 Å². The molecule has 118 valence electrons. The Morgan fingerprint density at radius 2 is 2.09 bits per heavy atom. The standard InChI is InChI=1S/C17H21NO4/c1-3-10-22-14-6-4-13(5-7-14)16(19)18-9-8-12(2)11-15(18)17(20)21/h3-7,12,15H,1,8-11H2,2H3,(H,20,21). The number of piperidine rings is 1. The lowest BCUT2D eigenvalue weighted by Gasteiger charge is -2.36. The zero-order chi connectivity index (χ0) is 16.1. The van der Waals surface area contributed by atoms with Crippen molar-refractivity contribution in [3.63, 3.8) is 0 Å². The van der Waals surface area contributed by atoms with Crippen LogP contribution in [-0.4, -0.2) is 41.1 Å². The van der Waals surface area contributed by atoms with Crippen molar-refractivity contribution in [2.24, 2.45) is 5.92 Å². The van der Waals surface area contributed by atoms with E-state index in [1.807, 2.05) is 6.92 Å². The highest BCUT2D eigenvalue weighted by atomic mass is 16.5. The highest BCUT2D eigenvalue weighted by Crippen LogP contribution is 2.25. The number of benzene rings is 1. The van der Waals surface area contributed by atoms with Gasteiger partial charge in [-0.1, -0.05) is 19.6 Å². The lowest BCUT2D eigenvalue weighted by molar-refractivity contribution is -0.144. The Hall–Kier alpha value is -2.30. The predicted octanol–water partition coefficient (Wildman–Crippen LogP) is 2.58. The molecular formula is C17H21NO4. The van der Waals surface area contributed by atoms with Crippen LogP contribution in [0.4, 0.5) is 0 Å². The van der Waals surface area contributed by atoms with Crippen LogP contribution in [0.5, 0.6) is 5.75 Å². The van der Waals surface area contributed by atoms with Gasteiger partial charge in [0.25, 0.3) is 5.91 Å². The van der Waals surface area contributed by atoms with Crippen LogP contribution < -0.4 is 4.74 Å². The molecule has 2 rings (SSSR count). The van der Waals surface area contributed by atoms with E-state index in [4.69, 9.17) is 4.74 Å². The number of hydrogen-bond donors (Lipinski definition) is 1. The first-order valence-corrected chi connectivity index (χ1v) is 7.40. The number of ether oxygens (including phenoxy) is 1. The summed E-state index contributed by atoms with van der Waals surface area (Å²) in [7, 11) is 0. The van der Waals surface area contributed by atoms with E-state index in [0.717, 1.165) is 6.42 Å². The maximum atomic E-state index is 12.6. The molecule has 1 heterocycles.